The monoisotopic (exact) mass is 277 g/mol. The highest BCUT2D eigenvalue weighted by molar-refractivity contribution is 9.10. The van der Waals surface area contributed by atoms with Gasteiger partial charge in [-0.2, -0.15) is 0 Å². The fourth-order valence-electron chi connectivity index (χ4n) is 1.75. The van der Waals surface area contributed by atoms with E-state index < -0.39 is 0 Å². The second-order valence-corrected chi connectivity index (χ2v) is 5.10. The van der Waals surface area contributed by atoms with Crippen molar-refractivity contribution >= 4 is 22.0 Å². The van der Waals surface area contributed by atoms with E-state index in [9.17, 15) is 0 Å². The smallest absolute Gasteiger partial charge is 0.0181 e. The summed E-state index contributed by atoms with van der Waals surface area (Å²) in [6.07, 6.45) is 7.87. The van der Waals surface area contributed by atoms with Crippen molar-refractivity contribution < 1.29 is 0 Å². The van der Waals surface area contributed by atoms with Crippen LogP contribution in [0.25, 0.3) is 6.08 Å². The lowest BCUT2D eigenvalue weighted by molar-refractivity contribution is 0.361. The predicted octanol–water partition coefficient (Wildman–Crippen LogP) is 3.72. The number of hydrogen-bond donors (Lipinski definition) is 0. The molecule has 1 heterocycles. The van der Waals surface area contributed by atoms with Gasteiger partial charge in [0.15, 0.2) is 0 Å². The molecule has 0 bridgehead atoms. The average molecular weight is 278 g/mol. The Bertz CT molecular complexity index is 420. The Balaban J connectivity index is 2.04. The van der Waals surface area contributed by atoms with Crippen LogP contribution in [0, 0.1) is 0 Å². The zero-order chi connectivity index (χ0) is 11.4. The van der Waals surface area contributed by atoms with Crippen molar-refractivity contribution in [1.82, 2.24) is 4.90 Å². The summed E-state index contributed by atoms with van der Waals surface area (Å²) >= 11 is 3.48. The van der Waals surface area contributed by atoms with Gasteiger partial charge in [-0.05, 0) is 36.7 Å². The third kappa shape index (κ3) is 3.32. The third-order valence-electron chi connectivity index (χ3n) is 2.79. The molecule has 0 fully saturated rings. The summed E-state index contributed by atoms with van der Waals surface area (Å²) in [5.74, 6) is 0. The maximum Gasteiger partial charge on any atom is 0.0181 e. The minimum absolute atomic E-state index is 1.07. The van der Waals surface area contributed by atoms with Gasteiger partial charge in [-0.25, -0.2) is 0 Å². The van der Waals surface area contributed by atoms with E-state index in [4.69, 9.17) is 0 Å². The maximum absolute atomic E-state index is 3.48. The fraction of sp³-hybridized carbons (Fsp3) is 0.286. The standard InChI is InChI=1S/C14H16BrN/c1-16-9-7-12(8-10-16)5-6-13-3-2-4-14(15)11-13/h2-7,11H,8-10H2,1H3/b6-5-. The van der Waals surface area contributed by atoms with E-state index in [0.717, 1.165) is 24.0 Å². The average Bonchev–Trinajstić information content (AvgIpc) is 2.28. The van der Waals surface area contributed by atoms with Crippen LogP contribution in [-0.4, -0.2) is 25.0 Å². The Morgan fingerprint density at radius 3 is 2.88 bits per heavy atom. The molecular weight excluding hydrogens is 262 g/mol. The molecule has 1 aromatic rings. The third-order valence-corrected chi connectivity index (χ3v) is 3.28. The SMILES string of the molecule is CN1CC=C(/C=C\c2cccc(Br)c2)CC1. The van der Waals surface area contributed by atoms with Gasteiger partial charge in [-0.1, -0.05) is 46.3 Å². The quantitative estimate of drug-likeness (QED) is 0.797. The topological polar surface area (TPSA) is 3.24 Å². The molecule has 1 aliphatic rings. The van der Waals surface area contributed by atoms with E-state index in [1.807, 2.05) is 6.07 Å². The van der Waals surface area contributed by atoms with E-state index in [-0.39, 0.29) is 0 Å². The molecule has 0 amide bonds. The molecule has 0 saturated heterocycles. The summed E-state index contributed by atoms with van der Waals surface area (Å²) in [6, 6.07) is 8.36. The Kier molecular flexibility index (Phi) is 3.97. The van der Waals surface area contributed by atoms with Crippen LogP contribution in [0.15, 0.2) is 46.5 Å². The van der Waals surface area contributed by atoms with Gasteiger partial charge in [0.25, 0.3) is 0 Å². The lowest BCUT2D eigenvalue weighted by Gasteiger charge is -2.20. The summed E-state index contributed by atoms with van der Waals surface area (Å²) in [7, 11) is 2.16. The lowest BCUT2D eigenvalue weighted by atomic mass is 10.1. The zero-order valence-corrected chi connectivity index (χ0v) is 11.1. The van der Waals surface area contributed by atoms with Crippen LogP contribution >= 0.6 is 15.9 Å². The minimum atomic E-state index is 1.07. The Morgan fingerprint density at radius 2 is 2.19 bits per heavy atom. The molecular formula is C14H16BrN. The maximum atomic E-state index is 3.48. The molecule has 1 nitrogen and oxygen atoms in total. The van der Waals surface area contributed by atoms with Crippen molar-refractivity contribution in [1.29, 1.82) is 0 Å². The van der Waals surface area contributed by atoms with E-state index in [0.29, 0.717) is 0 Å². The molecule has 2 rings (SSSR count). The Morgan fingerprint density at radius 1 is 1.31 bits per heavy atom. The summed E-state index contributed by atoms with van der Waals surface area (Å²) in [6.45, 7) is 2.23. The minimum Gasteiger partial charge on any atom is -0.302 e. The predicted molar refractivity (Wildman–Crippen MR) is 73.4 cm³/mol. The van der Waals surface area contributed by atoms with Crippen molar-refractivity contribution in [3.05, 3.63) is 52.0 Å². The van der Waals surface area contributed by atoms with Crippen LogP contribution in [0.1, 0.15) is 12.0 Å². The second-order valence-electron chi connectivity index (χ2n) is 4.18. The van der Waals surface area contributed by atoms with Crippen LogP contribution < -0.4 is 0 Å². The first-order chi connectivity index (χ1) is 7.74. The first kappa shape index (κ1) is 11.6. The zero-order valence-electron chi connectivity index (χ0n) is 9.49. The first-order valence-corrected chi connectivity index (χ1v) is 6.34. The molecule has 0 spiro atoms. The number of allylic oxidation sites excluding steroid dienone is 1. The van der Waals surface area contributed by atoms with Crippen LogP contribution in [0.5, 0.6) is 0 Å². The van der Waals surface area contributed by atoms with Crippen LogP contribution in [0.4, 0.5) is 0 Å². The number of hydrogen-bond acceptors (Lipinski definition) is 1. The molecule has 2 heteroatoms. The van der Waals surface area contributed by atoms with Gasteiger partial charge < -0.3 is 4.90 Å². The van der Waals surface area contributed by atoms with Gasteiger partial charge >= 0.3 is 0 Å². The number of likely N-dealkylation sites (N-methyl/N-ethyl adjacent to an activating group) is 1. The van der Waals surface area contributed by atoms with Crippen molar-refractivity contribution in [3.63, 3.8) is 0 Å². The molecule has 84 valence electrons. The highest BCUT2D eigenvalue weighted by Gasteiger charge is 2.04. The molecule has 0 radical (unpaired) electrons. The lowest BCUT2D eigenvalue weighted by Crippen LogP contribution is -2.23. The second kappa shape index (κ2) is 5.46. The molecule has 1 aliphatic heterocycles. The summed E-state index contributed by atoms with van der Waals surface area (Å²) < 4.78 is 1.13. The van der Waals surface area contributed by atoms with Crippen molar-refractivity contribution in [3.8, 4) is 0 Å². The van der Waals surface area contributed by atoms with E-state index in [1.165, 1.54) is 11.1 Å². The normalized spacial score (nSPS) is 17.8. The van der Waals surface area contributed by atoms with Gasteiger partial charge in [-0.3, -0.25) is 0 Å². The molecule has 0 N–H and O–H groups in total. The van der Waals surface area contributed by atoms with Gasteiger partial charge in [0, 0.05) is 17.6 Å². The Hall–Kier alpha value is -0.860. The van der Waals surface area contributed by atoms with Crippen LogP contribution in [0.2, 0.25) is 0 Å². The van der Waals surface area contributed by atoms with Gasteiger partial charge in [0.05, 0.1) is 0 Å². The van der Waals surface area contributed by atoms with Crippen molar-refractivity contribution in [2.45, 2.75) is 6.42 Å². The van der Waals surface area contributed by atoms with Crippen LogP contribution in [-0.2, 0) is 0 Å². The molecule has 16 heavy (non-hydrogen) atoms. The van der Waals surface area contributed by atoms with Gasteiger partial charge in [0.1, 0.15) is 0 Å². The molecule has 0 unspecified atom stereocenters. The molecule has 0 aromatic heterocycles. The first-order valence-electron chi connectivity index (χ1n) is 5.55. The highest BCUT2D eigenvalue weighted by Crippen LogP contribution is 2.15. The molecule has 0 atom stereocenters. The highest BCUT2D eigenvalue weighted by atomic mass is 79.9. The van der Waals surface area contributed by atoms with Crippen molar-refractivity contribution in [2.24, 2.45) is 0 Å². The van der Waals surface area contributed by atoms with Crippen molar-refractivity contribution in [2.75, 3.05) is 20.1 Å². The van der Waals surface area contributed by atoms with E-state index in [1.54, 1.807) is 0 Å². The molecule has 0 aliphatic carbocycles. The molecule has 1 aromatic carbocycles. The van der Waals surface area contributed by atoms with Gasteiger partial charge in [-0.15, -0.1) is 0 Å². The van der Waals surface area contributed by atoms with Crippen LogP contribution in [0.3, 0.4) is 0 Å². The number of benzene rings is 1. The Labute approximate surface area is 106 Å². The largest absolute Gasteiger partial charge is 0.302 e. The number of halogens is 1. The molecule has 0 saturated carbocycles. The fourth-order valence-corrected chi connectivity index (χ4v) is 2.17. The van der Waals surface area contributed by atoms with E-state index in [2.05, 4.69) is 64.3 Å². The van der Waals surface area contributed by atoms with E-state index >= 15 is 0 Å². The number of nitrogens with zero attached hydrogens (tertiary/aromatic N) is 1. The summed E-state index contributed by atoms with van der Waals surface area (Å²) in [5.41, 5.74) is 2.69. The summed E-state index contributed by atoms with van der Waals surface area (Å²) in [4.78, 5) is 2.33. The summed E-state index contributed by atoms with van der Waals surface area (Å²) in [5, 5.41) is 0. The number of rotatable bonds is 2. The van der Waals surface area contributed by atoms with Gasteiger partial charge in [0.2, 0.25) is 0 Å².